The van der Waals surface area contributed by atoms with Crippen molar-refractivity contribution >= 4 is 34.1 Å². The number of H-pyrrole nitrogens is 1. The minimum Gasteiger partial charge on any atom is -0.399 e. The number of aromatic amines is 1. The second-order valence-corrected chi connectivity index (χ2v) is 4.69. The predicted molar refractivity (Wildman–Crippen MR) is 75.3 cm³/mol. The molecule has 0 amide bonds. The number of hydrogen-bond donors (Lipinski definition) is 2. The molecule has 3 rings (SSSR count). The number of rotatable bonds is 2. The van der Waals surface area contributed by atoms with Gasteiger partial charge in [0.15, 0.2) is 5.78 Å². The third-order valence-corrected chi connectivity index (χ3v) is 3.32. The van der Waals surface area contributed by atoms with Gasteiger partial charge in [-0.2, -0.15) is 0 Å². The number of nitrogens with one attached hydrogen (secondary N) is 1. The van der Waals surface area contributed by atoms with Crippen LogP contribution in [0.1, 0.15) is 15.9 Å². The van der Waals surface area contributed by atoms with Gasteiger partial charge in [0, 0.05) is 23.5 Å². The Balaban J connectivity index is 2.21. The van der Waals surface area contributed by atoms with Crippen LogP contribution in [0.5, 0.6) is 0 Å². The molecule has 1 aromatic carbocycles. The third-order valence-electron chi connectivity index (χ3n) is 3.00. The van der Waals surface area contributed by atoms with Crippen LogP contribution in [0.2, 0.25) is 5.02 Å². The first kappa shape index (κ1) is 12.6. The summed E-state index contributed by atoms with van der Waals surface area (Å²) in [5.41, 5.74) is 6.57. The number of pyridine rings is 1. The Bertz CT molecular complexity index is 828. The van der Waals surface area contributed by atoms with E-state index in [1.807, 2.05) is 0 Å². The van der Waals surface area contributed by atoms with E-state index in [1.165, 1.54) is 24.5 Å². The number of ketones is 1. The monoisotopic (exact) mass is 289 g/mol. The first-order valence-electron chi connectivity index (χ1n) is 5.79. The first-order chi connectivity index (χ1) is 9.58. The van der Waals surface area contributed by atoms with E-state index in [9.17, 15) is 9.18 Å². The van der Waals surface area contributed by atoms with Gasteiger partial charge in [0.1, 0.15) is 11.5 Å². The van der Waals surface area contributed by atoms with Gasteiger partial charge in [0.2, 0.25) is 0 Å². The molecule has 0 atom stereocenters. The lowest BCUT2D eigenvalue weighted by molar-refractivity contribution is 0.103. The first-order valence-corrected chi connectivity index (χ1v) is 6.17. The summed E-state index contributed by atoms with van der Waals surface area (Å²) < 4.78 is 13.8. The lowest BCUT2D eigenvalue weighted by Gasteiger charge is -2.03. The minimum atomic E-state index is -0.626. The molecule has 0 aliphatic heterocycles. The highest BCUT2D eigenvalue weighted by Gasteiger charge is 2.19. The number of carbonyl (C=O) groups excluding carboxylic acids is 1. The standard InChI is InChI=1S/C14H9ClFN3O/c15-10-3-4-18-14-12(10)9(6-19-14)13(20)8-5-7(17)1-2-11(8)16/h1-6H,17H2,(H,18,19). The molecule has 0 saturated carbocycles. The summed E-state index contributed by atoms with van der Waals surface area (Å²) in [6.07, 6.45) is 2.99. The molecule has 0 spiro atoms. The number of carbonyl (C=O) groups is 1. The Morgan fingerprint density at radius 1 is 1.30 bits per heavy atom. The number of nitrogens with zero attached hydrogens (tertiary/aromatic N) is 1. The fraction of sp³-hybridized carbons (Fsp3) is 0. The fourth-order valence-electron chi connectivity index (χ4n) is 2.06. The zero-order valence-corrected chi connectivity index (χ0v) is 10.9. The number of nitrogens with two attached hydrogens (primary N) is 1. The van der Waals surface area contributed by atoms with Gasteiger partial charge in [-0.3, -0.25) is 4.79 Å². The molecular formula is C14H9ClFN3O. The van der Waals surface area contributed by atoms with Crippen LogP contribution in [0.4, 0.5) is 10.1 Å². The van der Waals surface area contributed by atoms with Crippen molar-refractivity contribution in [3.05, 3.63) is 58.6 Å². The maximum Gasteiger partial charge on any atom is 0.198 e. The van der Waals surface area contributed by atoms with Crippen LogP contribution < -0.4 is 5.73 Å². The summed E-state index contributed by atoms with van der Waals surface area (Å²) in [7, 11) is 0. The number of aromatic nitrogens is 2. The van der Waals surface area contributed by atoms with Crippen molar-refractivity contribution in [1.82, 2.24) is 9.97 Å². The molecule has 4 nitrogen and oxygen atoms in total. The quantitative estimate of drug-likeness (QED) is 0.562. The number of halogens is 2. The maximum absolute atomic E-state index is 13.8. The van der Waals surface area contributed by atoms with Crippen molar-refractivity contribution in [2.75, 3.05) is 5.73 Å². The Kier molecular flexibility index (Phi) is 2.91. The maximum atomic E-state index is 13.8. The van der Waals surface area contributed by atoms with Crippen molar-refractivity contribution < 1.29 is 9.18 Å². The zero-order valence-electron chi connectivity index (χ0n) is 10.2. The summed E-state index contributed by atoms with van der Waals surface area (Å²) in [6, 6.07) is 5.44. The molecule has 6 heteroatoms. The summed E-state index contributed by atoms with van der Waals surface area (Å²) >= 11 is 6.08. The van der Waals surface area contributed by atoms with Crippen molar-refractivity contribution in [3.63, 3.8) is 0 Å². The topological polar surface area (TPSA) is 71.8 Å². The molecule has 3 N–H and O–H groups in total. The van der Waals surface area contributed by atoms with Crippen molar-refractivity contribution in [3.8, 4) is 0 Å². The Hall–Kier alpha value is -2.40. The van der Waals surface area contributed by atoms with Crippen LogP contribution >= 0.6 is 11.6 Å². The number of nitrogen functional groups attached to an aromatic ring is 1. The van der Waals surface area contributed by atoms with E-state index in [2.05, 4.69) is 9.97 Å². The molecule has 0 fully saturated rings. The van der Waals surface area contributed by atoms with Crippen LogP contribution in [-0.2, 0) is 0 Å². The Morgan fingerprint density at radius 3 is 2.90 bits per heavy atom. The van der Waals surface area contributed by atoms with E-state index in [0.29, 0.717) is 21.7 Å². The molecule has 2 heterocycles. The highest BCUT2D eigenvalue weighted by Crippen LogP contribution is 2.27. The van der Waals surface area contributed by atoms with Crippen LogP contribution in [0, 0.1) is 5.82 Å². The van der Waals surface area contributed by atoms with E-state index in [-0.39, 0.29) is 11.1 Å². The molecule has 0 aliphatic carbocycles. The normalized spacial score (nSPS) is 10.9. The summed E-state index contributed by atoms with van der Waals surface area (Å²) in [6.45, 7) is 0. The molecule has 0 radical (unpaired) electrons. The molecule has 0 unspecified atom stereocenters. The summed E-state index contributed by atoms with van der Waals surface area (Å²) in [5.74, 6) is -1.12. The number of fused-ring (bicyclic) bond motifs is 1. The van der Waals surface area contributed by atoms with E-state index < -0.39 is 11.6 Å². The lowest BCUT2D eigenvalue weighted by atomic mass is 10.0. The Labute approximate surface area is 118 Å². The van der Waals surface area contributed by atoms with Crippen LogP contribution in [0.3, 0.4) is 0 Å². The van der Waals surface area contributed by atoms with Crippen LogP contribution in [0.15, 0.2) is 36.7 Å². The van der Waals surface area contributed by atoms with Gasteiger partial charge in [0.05, 0.1) is 16.1 Å². The van der Waals surface area contributed by atoms with Gasteiger partial charge in [-0.15, -0.1) is 0 Å². The average molecular weight is 290 g/mol. The van der Waals surface area contributed by atoms with Crippen LogP contribution in [0.25, 0.3) is 11.0 Å². The fourth-order valence-corrected chi connectivity index (χ4v) is 2.31. The van der Waals surface area contributed by atoms with Crippen molar-refractivity contribution in [1.29, 1.82) is 0 Å². The lowest BCUT2D eigenvalue weighted by Crippen LogP contribution is -2.05. The van der Waals surface area contributed by atoms with Crippen LogP contribution in [-0.4, -0.2) is 15.8 Å². The Morgan fingerprint density at radius 2 is 2.10 bits per heavy atom. The van der Waals surface area contributed by atoms with E-state index >= 15 is 0 Å². The predicted octanol–water partition coefficient (Wildman–Crippen LogP) is 3.17. The van der Waals surface area contributed by atoms with E-state index in [4.69, 9.17) is 17.3 Å². The largest absolute Gasteiger partial charge is 0.399 e. The molecule has 0 aliphatic rings. The average Bonchev–Trinajstić information content (AvgIpc) is 2.86. The molecule has 100 valence electrons. The van der Waals surface area contributed by atoms with Crippen molar-refractivity contribution in [2.24, 2.45) is 0 Å². The van der Waals surface area contributed by atoms with E-state index in [0.717, 1.165) is 6.07 Å². The summed E-state index contributed by atoms with van der Waals surface area (Å²) in [5, 5.41) is 0.852. The van der Waals surface area contributed by atoms with E-state index in [1.54, 1.807) is 6.07 Å². The molecule has 20 heavy (non-hydrogen) atoms. The van der Waals surface area contributed by atoms with Gasteiger partial charge in [0.25, 0.3) is 0 Å². The zero-order chi connectivity index (χ0) is 14.3. The molecule has 0 saturated heterocycles. The second-order valence-electron chi connectivity index (χ2n) is 4.29. The molecule has 0 bridgehead atoms. The van der Waals surface area contributed by atoms with Gasteiger partial charge >= 0.3 is 0 Å². The minimum absolute atomic E-state index is 0.0918. The van der Waals surface area contributed by atoms with Crippen molar-refractivity contribution in [2.45, 2.75) is 0 Å². The third kappa shape index (κ3) is 1.92. The highest BCUT2D eigenvalue weighted by molar-refractivity contribution is 6.37. The second kappa shape index (κ2) is 4.61. The highest BCUT2D eigenvalue weighted by atomic mass is 35.5. The molecule has 2 aromatic heterocycles. The number of hydrogen-bond acceptors (Lipinski definition) is 3. The molecule has 3 aromatic rings. The SMILES string of the molecule is Nc1ccc(F)c(C(=O)c2c[nH]c3nccc(Cl)c23)c1. The summed E-state index contributed by atoms with van der Waals surface area (Å²) in [4.78, 5) is 19.4. The number of benzene rings is 1. The smallest absolute Gasteiger partial charge is 0.198 e. The number of anilines is 1. The van der Waals surface area contributed by atoms with Gasteiger partial charge in [-0.1, -0.05) is 11.6 Å². The molecular weight excluding hydrogens is 281 g/mol. The van der Waals surface area contributed by atoms with Gasteiger partial charge < -0.3 is 10.7 Å². The van der Waals surface area contributed by atoms with Gasteiger partial charge in [-0.05, 0) is 24.3 Å². The van der Waals surface area contributed by atoms with Gasteiger partial charge in [-0.25, -0.2) is 9.37 Å².